The summed E-state index contributed by atoms with van der Waals surface area (Å²) in [7, 11) is 1.13. The van der Waals surface area contributed by atoms with Crippen LogP contribution >= 0.6 is 0 Å². The van der Waals surface area contributed by atoms with Gasteiger partial charge in [0.2, 0.25) is 5.88 Å². The predicted molar refractivity (Wildman–Crippen MR) is 99.6 cm³/mol. The maximum atomic E-state index is 12.5. The first kappa shape index (κ1) is 19.9. The highest BCUT2D eigenvalue weighted by Crippen LogP contribution is 2.46. The summed E-state index contributed by atoms with van der Waals surface area (Å²) in [5.74, 6) is -4.56. The van der Waals surface area contributed by atoms with Crippen molar-refractivity contribution in [3.8, 4) is 11.8 Å². The number of fused-ring (bicyclic) bond motifs is 3. The van der Waals surface area contributed by atoms with E-state index in [1.165, 1.54) is 6.07 Å². The Hall–Kier alpha value is -3.80. The van der Waals surface area contributed by atoms with Crippen molar-refractivity contribution in [2.24, 2.45) is 11.7 Å². The van der Waals surface area contributed by atoms with Crippen molar-refractivity contribution >= 4 is 22.9 Å². The summed E-state index contributed by atoms with van der Waals surface area (Å²) in [6, 6.07) is 6.41. The first-order valence-electron chi connectivity index (χ1n) is 8.73. The lowest BCUT2D eigenvalue weighted by Crippen LogP contribution is -2.33. The van der Waals surface area contributed by atoms with Crippen LogP contribution in [0.1, 0.15) is 24.0 Å². The second-order valence-corrected chi connectivity index (χ2v) is 6.31. The molecular formula is C20H18N2O7. The highest BCUT2D eigenvalue weighted by atomic mass is 16.5. The molecule has 2 heterocycles. The zero-order valence-electron chi connectivity index (χ0n) is 16.0. The average molecular weight is 398 g/mol. The van der Waals surface area contributed by atoms with Crippen molar-refractivity contribution in [2.75, 3.05) is 13.7 Å². The van der Waals surface area contributed by atoms with Crippen LogP contribution in [0, 0.1) is 24.2 Å². The zero-order valence-corrected chi connectivity index (χ0v) is 16.0. The Morgan fingerprint density at radius 3 is 2.72 bits per heavy atom. The summed E-state index contributed by atoms with van der Waals surface area (Å²) in [6.07, 6.45) is 0. The Morgan fingerprint density at radius 2 is 2.10 bits per heavy atom. The first-order chi connectivity index (χ1) is 13.8. The number of carbonyl (C=O) groups is 2. The highest BCUT2D eigenvalue weighted by molar-refractivity contribution is 5.96. The molecule has 2 aromatic rings. The Balaban J connectivity index is 2.39. The average Bonchev–Trinajstić information content (AvgIpc) is 2.67. The summed E-state index contributed by atoms with van der Waals surface area (Å²) in [4.78, 5) is 37.0. The van der Waals surface area contributed by atoms with Crippen molar-refractivity contribution in [3.05, 3.63) is 51.2 Å². The van der Waals surface area contributed by atoms with Gasteiger partial charge in [-0.2, -0.15) is 5.26 Å². The minimum atomic E-state index is -1.46. The Bertz CT molecular complexity index is 1140. The van der Waals surface area contributed by atoms with E-state index in [1.807, 2.05) is 6.07 Å². The maximum Gasteiger partial charge on any atom is 0.339 e. The molecule has 2 atom stereocenters. The quantitative estimate of drug-likeness (QED) is 0.600. The van der Waals surface area contributed by atoms with Crippen LogP contribution < -0.4 is 16.1 Å². The van der Waals surface area contributed by atoms with Gasteiger partial charge in [-0.15, -0.1) is 0 Å². The molecule has 0 amide bonds. The van der Waals surface area contributed by atoms with Crippen LogP contribution in [0.15, 0.2) is 38.9 Å². The zero-order chi connectivity index (χ0) is 21.3. The van der Waals surface area contributed by atoms with E-state index >= 15 is 0 Å². The SMILES string of the molecule is CCOC(=O)[C@H](C#N)[C@H]1C(C(=O)OC)=C(N)Oc2ccc3c(C)cc(=O)oc3c21. The van der Waals surface area contributed by atoms with Gasteiger partial charge in [-0.25, -0.2) is 9.59 Å². The van der Waals surface area contributed by atoms with Crippen LogP contribution in [0.25, 0.3) is 11.0 Å². The number of methoxy groups -OCH3 is 1. The molecule has 150 valence electrons. The van der Waals surface area contributed by atoms with E-state index in [2.05, 4.69) is 0 Å². The first-order valence-corrected chi connectivity index (χ1v) is 8.73. The number of benzene rings is 1. The topological polar surface area (TPSA) is 142 Å². The molecule has 3 rings (SSSR count). The third-order valence-electron chi connectivity index (χ3n) is 4.64. The fraction of sp³-hybridized carbons (Fsp3) is 0.300. The van der Waals surface area contributed by atoms with Crippen molar-refractivity contribution in [1.29, 1.82) is 5.26 Å². The smallest absolute Gasteiger partial charge is 0.339 e. The lowest BCUT2D eigenvalue weighted by molar-refractivity contribution is -0.146. The third kappa shape index (κ3) is 3.29. The van der Waals surface area contributed by atoms with Gasteiger partial charge in [0.1, 0.15) is 16.9 Å². The molecule has 0 unspecified atom stereocenters. The van der Waals surface area contributed by atoms with E-state index in [0.29, 0.717) is 10.9 Å². The molecule has 0 aliphatic carbocycles. The van der Waals surface area contributed by atoms with E-state index in [-0.39, 0.29) is 35.0 Å². The van der Waals surface area contributed by atoms with E-state index < -0.39 is 29.4 Å². The fourth-order valence-electron chi connectivity index (χ4n) is 3.41. The molecule has 0 fully saturated rings. The highest BCUT2D eigenvalue weighted by Gasteiger charge is 2.45. The lowest BCUT2D eigenvalue weighted by atomic mass is 9.78. The Kier molecular flexibility index (Phi) is 5.28. The monoisotopic (exact) mass is 398 g/mol. The van der Waals surface area contributed by atoms with E-state index in [4.69, 9.17) is 24.4 Å². The molecule has 1 aliphatic heterocycles. The minimum Gasteiger partial charge on any atom is -0.465 e. The minimum absolute atomic E-state index is 0.0313. The number of nitrogens with two attached hydrogens (primary N) is 1. The summed E-state index contributed by atoms with van der Waals surface area (Å²) >= 11 is 0. The lowest BCUT2D eigenvalue weighted by Gasteiger charge is -2.30. The van der Waals surface area contributed by atoms with Gasteiger partial charge in [-0.1, -0.05) is 0 Å². The molecule has 1 aromatic carbocycles. The summed E-state index contributed by atoms with van der Waals surface area (Å²) in [5.41, 5.74) is 5.96. The van der Waals surface area contributed by atoms with Gasteiger partial charge >= 0.3 is 17.6 Å². The van der Waals surface area contributed by atoms with Crippen LogP contribution in [0.4, 0.5) is 0 Å². The van der Waals surface area contributed by atoms with Crippen LogP contribution in [0.2, 0.25) is 0 Å². The molecule has 29 heavy (non-hydrogen) atoms. The summed E-state index contributed by atoms with van der Waals surface area (Å²) in [5, 5.41) is 10.3. The largest absolute Gasteiger partial charge is 0.465 e. The van der Waals surface area contributed by atoms with Crippen molar-refractivity contribution in [2.45, 2.75) is 19.8 Å². The van der Waals surface area contributed by atoms with E-state index in [1.54, 1.807) is 26.0 Å². The number of ether oxygens (including phenoxy) is 3. The molecule has 0 radical (unpaired) electrons. The van der Waals surface area contributed by atoms with Crippen LogP contribution in [0.3, 0.4) is 0 Å². The molecule has 9 heteroatoms. The van der Waals surface area contributed by atoms with Gasteiger partial charge in [0.05, 0.1) is 25.7 Å². The fourth-order valence-corrected chi connectivity index (χ4v) is 3.41. The van der Waals surface area contributed by atoms with Gasteiger partial charge in [0, 0.05) is 17.0 Å². The number of rotatable bonds is 4. The number of aryl methyl sites for hydroxylation is 1. The van der Waals surface area contributed by atoms with Gasteiger partial charge in [0.15, 0.2) is 5.92 Å². The molecule has 0 saturated heterocycles. The second-order valence-electron chi connectivity index (χ2n) is 6.31. The number of nitrogens with zero attached hydrogens (tertiary/aromatic N) is 1. The number of nitriles is 1. The second kappa shape index (κ2) is 7.67. The van der Waals surface area contributed by atoms with Crippen LogP contribution in [0.5, 0.6) is 5.75 Å². The third-order valence-corrected chi connectivity index (χ3v) is 4.64. The van der Waals surface area contributed by atoms with Crippen molar-refractivity contribution in [3.63, 3.8) is 0 Å². The van der Waals surface area contributed by atoms with E-state index in [0.717, 1.165) is 7.11 Å². The number of hydrogen-bond donors (Lipinski definition) is 1. The van der Waals surface area contributed by atoms with Crippen molar-refractivity contribution < 1.29 is 28.2 Å². The molecule has 0 saturated carbocycles. The summed E-state index contributed by atoms with van der Waals surface area (Å²) in [6.45, 7) is 3.33. The number of carbonyl (C=O) groups excluding carboxylic acids is 2. The predicted octanol–water partition coefficient (Wildman–Crippen LogP) is 1.62. The molecule has 1 aromatic heterocycles. The molecular weight excluding hydrogens is 380 g/mol. The van der Waals surface area contributed by atoms with Gasteiger partial charge < -0.3 is 24.4 Å². The molecule has 2 N–H and O–H groups in total. The van der Waals surface area contributed by atoms with Crippen molar-refractivity contribution in [1.82, 2.24) is 0 Å². The van der Waals surface area contributed by atoms with Crippen LogP contribution in [-0.4, -0.2) is 25.7 Å². The van der Waals surface area contributed by atoms with Gasteiger partial charge in [-0.05, 0) is 31.5 Å². The van der Waals surface area contributed by atoms with E-state index in [9.17, 15) is 19.6 Å². The standard InChI is InChI=1S/C20H18N2O7/c1-4-27-19(24)11(8-21)14-15-12(28-18(22)16(14)20(25)26-3)6-5-10-9(2)7-13(23)29-17(10)15/h5-7,11,14H,4,22H2,1-3H3/t11-,14-/m1/s1. The normalized spacial score (nSPS) is 16.4. The summed E-state index contributed by atoms with van der Waals surface area (Å²) < 4.78 is 20.7. The number of esters is 2. The molecule has 9 nitrogen and oxygen atoms in total. The molecule has 1 aliphatic rings. The van der Waals surface area contributed by atoms with Gasteiger partial charge in [0.25, 0.3) is 0 Å². The van der Waals surface area contributed by atoms with Crippen LogP contribution in [-0.2, 0) is 19.1 Å². The Labute approximate surface area is 165 Å². The molecule has 0 bridgehead atoms. The number of hydrogen-bond acceptors (Lipinski definition) is 9. The van der Waals surface area contributed by atoms with Gasteiger partial charge in [-0.3, -0.25) is 4.79 Å². The molecule has 0 spiro atoms. The Morgan fingerprint density at radius 1 is 1.38 bits per heavy atom. The maximum absolute atomic E-state index is 12.5.